The maximum atomic E-state index is 10.6. The zero-order chi connectivity index (χ0) is 13.1. The molecular weight excluding hydrogens is 250 g/mol. The Hall–Kier alpha value is -2.00. The number of aryl methyl sites for hydroxylation is 1. The monoisotopic (exact) mass is 261 g/mol. The van der Waals surface area contributed by atoms with E-state index in [1.807, 2.05) is 35.9 Å². The Labute approximate surface area is 108 Å². The van der Waals surface area contributed by atoms with Gasteiger partial charge >= 0.3 is 5.97 Å². The molecular formula is C12H11N3O2S. The number of carboxylic acid groups (broad SMARTS) is 1. The highest BCUT2D eigenvalue weighted by molar-refractivity contribution is 8.00. The summed E-state index contributed by atoms with van der Waals surface area (Å²) in [6, 6.07) is 9.66. The van der Waals surface area contributed by atoms with E-state index in [4.69, 9.17) is 10.4 Å². The minimum Gasteiger partial charge on any atom is -0.481 e. The second kappa shape index (κ2) is 5.10. The third-order valence-electron chi connectivity index (χ3n) is 2.55. The number of benzene rings is 1. The minimum absolute atomic E-state index is 0.110. The number of rotatable bonds is 4. The fourth-order valence-corrected chi connectivity index (χ4v) is 2.47. The van der Waals surface area contributed by atoms with Crippen molar-refractivity contribution in [3.05, 3.63) is 30.1 Å². The smallest absolute Gasteiger partial charge is 0.313 e. The number of thioether (sulfide) groups is 1. The largest absolute Gasteiger partial charge is 0.481 e. The molecule has 0 saturated carbocycles. The van der Waals surface area contributed by atoms with Crippen molar-refractivity contribution in [1.29, 1.82) is 5.26 Å². The zero-order valence-corrected chi connectivity index (χ0v) is 10.5. The van der Waals surface area contributed by atoms with Gasteiger partial charge < -0.3 is 9.67 Å². The lowest BCUT2D eigenvalue weighted by Gasteiger charge is -2.07. The Kier molecular flexibility index (Phi) is 3.53. The summed E-state index contributed by atoms with van der Waals surface area (Å²) in [6.45, 7) is 0. The van der Waals surface area contributed by atoms with Gasteiger partial charge in [-0.1, -0.05) is 12.1 Å². The number of carboxylic acids is 1. The SMILES string of the molecule is Cn1c(C(C#N)SCC(=O)O)nc2ccccc21. The zero-order valence-electron chi connectivity index (χ0n) is 9.70. The molecule has 0 aliphatic heterocycles. The molecule has 0 aliphatic carbocycles. The van der Waals surface area contributed by atoms with Crippen molar-refractivity contribution >= 4 is 28.8 Å². The fourth-order valence-electron chi connectivity index (χ4n) is 1.72. The van der Waals surface area contributed by atoms with Crippen molar-refractivity contribution < 1.29 is 9.90 Å². The Balaban J connectivity index is 2.37. The van der Waals surface area contributed by atoms with Gasteiger partial charge in [-0.2, -0.15) is 5.26 Å². The first kappa shape index (κ1) is 12.5. The average molecular weight is 261 g/mol. The highest BCUT2D eigenvalue weighted by atomic mass is 32.2. The molecule has 5 nitrogen and oxygen atoms in total. The van der Waals surface area contributed by atoms with E-state index in [1.165, 1.54) is 0 Å². The lowest BCUT2D eigenvalue weighted by Crippen LogP contribution is -2.05. The van der Waals surface area contributed by atoms with Crippen LogP contribution in [0, 0.1) is 11.3 Å². The van der Waals surface area contributed by atoms with Crippen LogP contribution in [0.5, 0.6) is 0 Å². The Bertz CT molecular complexity index is 630. The highest BCUT2D eigenvalue weighted by Gasteiger charge is 2.19. The number of carbonyl (C=O) groups is 1. The third kappa shape index (κ3) is 2.31. The molecule has 0 amide bonds. The minimum atomic E-state index is -0.931. The van der Waals surface area contributed by atoms with Gasteiger partial charge in [-0.15, -0.1) is 11.8 Å². The van der Waals surface area contributed by atoms with Crippen LogP contribution in [0.2, 0.25) is 0 Å². The van der Waals surface area contributed by atoms with Crippen molar-refractivity contribution in [1.82, 2.24) is 9.55 Å². The van der Waals surface area contributed by atoms with E-state index in [1.54, 1.807) is 0 Å². The molecule has 0 aliphatic rings. The van der Waals surface area contributed by atoms with Crippen molar-refractivity contribution in [2.24, 2.45) is 7.05 Å². The van der Waals surface area contributed by atoms with Gasteiger partial charge in [-0.25, -0.2) is 4.98 Å². The highest BCUT2D eigenvalue weighted by Crippen LogP contribution is 2.29. The van der Waals surface area contributed by atoms with Gasteiger partial charge in [0.15, 0.2) is 5.25 Å². The molecule has 1 aromatic carbocycles. The number of hydrogen-bond donors (Lipinski definition) is 1. The van der Waals surface area contributed by atoms with Crippen LogP contribution in [-0.2, 0) is 11.8 Å². The molecule has 1 aromatic heterocycles. The van der Waals surface area contributed by atoms with Gasteiger partial charge in [0.1, 0.15) is 5.82 Å². The molecule has 6 heteroatoms. The molecule has 1 unspecified atom stereocenters. The molecule has 1 N–H and O–H groups in total. The van der Waals surface area contributed by atoms with Crippen LogP contribution in [-0.4, -0.2) is 26.4 Å². The fraction of sp³-hybridized carbons (Fsp3) is 0.250. The number of para-hydroxylation sites is 2. The lowest BCUT2D eigenvalue weighted by molar-refractivity contribution is -0.133. The standard InChI is InChI=1S/C12H11N3O2S/c1-15-9-5-3-2-4-8(9)14-12(15)10(6-13)18-7-11(16)17/h2-5,10H,7H2,1H3,(H,16,17). The van der Waals surface area contributed by atoms with E-state index >= 15 is 0 Å². The van der Waals surface area contributed by atoms with Crippen LogP contribution in [0.1, 0.15) is 11.1 Å². The first-order chi connectivity index (χ1) is 8.63. The van der Waals surface area contributed by atoms with Crippen LogP contribution in [0.15, 0.2) is 24.3 Å². The number of imidazole rings is 1. The van der Waals surface area contributed by atoms with Crippen molar-refractivity contribution in [2.45, 2.75) is 5.25 Å². The molecule has 2 rings (SSSR count). The first-order valence-electron chi connectivity index (χ1n) is 5.28. The van der Waals surface area contributed by atoms with E-state index in [2.05, 4.69) is 11.1 Å². The molecule has 1 atom stereocenters. The van der Waals surface area contributed by atoms with E-state index in [-0.39, 0.29) is 5.75 Å². The summed E-state index contributed by atoms with van der Waals surface area (Å²) in [6.07, 6.45) is 0. The van der Waals surface area contributed by atoms with Crippen LogP contribution >= 0.6 is 11.8 Å². The second-order valence-corrected chi connectivity index (χ2v) is 4.83. The van der Waals surface area contributed by atoms with Crippen LogP contribution in [0.25, 0.3) is 11.0 Å². The molecule has 0 spiro atoms. The van der Waals surface area contributed by atoms with Gasteiger partial charge in [0, 0.05) is 7.05 Å². The summed E-state index contributed by atoms with van der Waals surface area (Å²) >= 11 is 1.07. The van der Waals surface area contributed by atoms with Crippen molar-refractivity contribution in [2.75, 3.05) is 5.75 Å². The Morgan fingerprint density at radius 2 is 2.33 bits per heavy atom. The normalized spacial score (nSPS) is 12.2. The van der Waals surface area contributed by atoms with Crippen LogP contribution in [0.3, 0.4) is 0 Å². The molecule has 0 saturated heterocycles. The number of fused-ring (bicyclic) bond motifs is 1. The number of hydrogen-bond acceptors (Lipinski definition) is 4. The Morgan fingerprint density at radius 3 is 2.94 bits per heavy atom. The summed E-state index contributed by atoms with van der Waals surface area (Å²) in [7, 11) is 1.83. The average Bonchev–Trinajstić information content (AvgIpc) is 2.68. The number of aliphatic carboxylic acids is 1. The molecule has 18 heavy (non-hydrogen) atoms. The first-order valence-corrected chi connectivity index (χ1v) is 6.32. The van der Waals surface area contributed by atoms with Crippen molar-refractivity contribution in [3.63, 3.8) is 0 Å². The molecule has 92 valence electrons. The number of nitriles is 1. The summed E-state index contributed by atoms with van der Waals surface area (Å²) in [5.74, 6) is -0.453. The number of nitrogens with zero attached hydrogens (tertiary/aromatic N) is 3. The van der Waals surface area contributed by atoms with Gasteiger partial charge in [-0.3, -0.25) is 4.79 Å². The van der Waals surface area contributed by atoms with Gasteiger partial charge in [0.2, 0.25) is 0 Å². The van der Waals surface area contributed by atoms with E-state index < -0.39 is 11.2 Å². The maximum Gasteiger partial charge on any atom is 0.313 e. The van der Waals surface area contributed by atoms with Gasteiger partial charge in [-0.05, 0) is 12.1 Å². The molecule has 0 radical (unpaired) electrons. The Morgan fingerprint density at radius 1 is 1.61 bits per heavy atom. The van der Waals surface area contributed by atoms with Crippen LogP contribution in [0.4, 0.5) is 0 Å². The van der Waals surface area contributed by atoms with Gasteiger partial charge in [0.25, 0.3) is 0 Å². The van der Waals surface area contributed by atoms with E-state index in [0.29, 0.717) is 5.82 Å². The predicted molar refractivity (Wildman–Crippen MR) is 69.2 cm³/mol. The summed E-state index contributed by atoms with van der Waals surface area (Å²) in [5.41, 5.74) is 1.75. The molecule has 0 fully saturated rings. The lowest BCUT2D eigenvalue weighted by atomic mass is 10.3. The molecule has 0 bridgehead atoms. The van der Waals surface area contributed by atoms with Gasteiger partial charge in [0.05, 0.1) is 22.9 Å². The topological polar surface area (TPSA) is 78.9 Å². The summed E-state index contributed by atoms with van der Waals surface area (Å²) in [4.78, 5) is 14.9. The number of aromatic nitrogens is 2. The summed E-state index contributed by atoms with van der Waals surface area (Å²) < 4.78 is 1.83. The quantitative estimate of drug-likeness (QED) is 0.910. The third-order valence-corrected chi connectivity index (χ3v) is 3.61. The van der Waals surface area contributed by atoms with Crippen LogP contribution < -0.4 is 0 Å². The second-order valence-electron chi connectivity index (χ2n) is 3.73. The predicted octanol–water partition coefficient (Wildman–Crippen LogP) is 1.96. The van der Waals surface area contributed by atoms with Crippen molar-refractivity contribution in [3.8, 4) is 6.07 Å². The molecule has 1 heterocycles. The van der Waals surface area contributed by atoms with E-state index in [0.717, 1.165) is 22.8 Å². The maximum absolute atomic E-state index is 10.6. The molecule has 2 aromatic rings. The summed E-state index contributed by atoms with van der Waals surface area (Å²) in [5, 5.41) is 17.2. The van der Waals surface area contributed by atoms with E-state index in [9.17, 15) is 4.79 Å².